The van der Waals surface area contributed by atoms with Crippen LogP contribution in [0.4, 0.5) is 13.2 Å². The van der Waals surface area contributed by atoms with E-state index in [-0.39, 0.29) is 24.3 Å². The second-order valence-corrected chi connectivity index (χ2v) is 6.20. The summed E-state index contributed by atoms with van der Waals surface area (Å²) in [4.78, 5) is 0. The summed E-state index contributed by atoms with van der Waals surface area (Å²) in [5.74, 6) is 0. The standard InChI is InChI=1S/C19H15F3N2O2/c20-19(21,22)18(26)15-6-2-1-4-14(15)17-13(5-3-7-16(17)18)12-10-23-24(11-12)8-9-25/h1-7,10-11,25-26H,8-9H2. The van der Waals surface area contributed by atoms with Crippen molar-refractivity contribution in [1.29, 1.82) is 0 Å². The summed E-state index contributed by atoms with van der Waals surface area (Å²) in [6, 6.07) is 10.5. The fourth-order valence-electron chi connectivity index (χ4n) is 3.58. The predicted octanol–water partition coefficient (Wildman–Crippen LogP) is 3.32. The topological polar surface area (TPSA) is 58.3 Å². The van der Waals surface area contributed by atoms with Crippen LogP contribution in [0, 0.1) is 0 Å². The highest BCUT2D eigenvalue weighted by atomic mass is 19.4. The van der Waals surface area contributed by atoms with Crippen LogP contribution < -0.4 is 0 Å². The van der Waals surface area contributed by atoms with Crippen molar-refractivity contribution in [2.75, 3.05) is 6.61 Å². The largest absolute Gasteiger partial charge is 0.425 e. The number of alkyl halides is 3. The number of halogens is 3. The van der Waals surface area contributed by atoms with Gasteiger partial charge < -0.3 is 10.2 Å². The van der Waals surface area contributed by atoms with Crippen molar-refractivity contribution in [3.63, 3.8) is 0 Å². The van der Waals surface area contributed by atoms with Crippen molar-refractivity contribution in [3.05, 3.63) is 66.0 Å². The normalized spacial score (nSPS) is 18.7. The molecule has 7 heteroatoms. The first-order valence-corrected chi connectivity index (χ1v) is 8.04. The van der Waals surface area contributed by atoms with Gasteiger partial charge in [-0.25, -0.2) is 0 Å². The zero-order chi connectivity index (χ0) is 18.5. The Morgan fingerprint density at radius 2 is 1.69 bits per heavy atom. The van der Waals surface area contributed by atoms with E-state index < -0.39 is 11.8 Å². The minimum Gasteiger partial charge on any atom is -0.394 e. The summed E-state index contributed by atoms with van der Waals surface area (Å²) in [6.45, 7) is 0.197. The van der Waals surface area contributed by atoms with E-state index in [0.29, 0.717) is 22.3 Å². The van der Waals surface area contributed by atoms with Crippen LogP contribution in [0.1, 0.15) is 11.1 Å². The molecule has 26 heavy (non-hydrogen) atoms. The third-order valence-electron chi connectivity index (χ3n) is 4.72. The monoisotopic (exact) mass is 360 g/mol. The van der Waals surface area contributed by atoms with E-state index >= 15 is 0 Å². The van der Waals surface area contributed by atoms with E-state index in [1.165, 1.54) is 28.9 Å². The molecule has 0 aliphatic heterocycles. The average molecular weight is 360 g/mol. The number of aliphatic hydroxyl groups excluding tert-OH is 1. The molecule has 1 aromatic heterocycles. The van der Waals surface area contributed by atoms with Gasteiger partial charge in [0.25, 0.3) is 0 Å². The van der Waals surface area contributed by atoms with E-state index in [2.05, 4.69) is 5.10 Å². The molecule has 3 aromatic rings. The van der Waals surface area contributed by atoms with Crippen LogP contribution in [0.5, 0.6) is 0 Å². The molecule has 1 aliphatic carbocycles. The molecule has 4 nitrogen and oxygen atoms in total. The van der Waals surface area contributed by atoms with Crippen molar-refractivity contribution >= 4 is 0 Å². The van der Waals surface area contributed by atoms with E-state index in [4.69, 9.17) is 5.11 Å². The van der Waals surface area contributed by atoms with Gasteiger partial charge >= 0.3 is 6.18 Å². The molecule has 1 aliphatic rings. The molecule has 0 saturated heterocycles. The van der Waals surface area contributed by atoms with Crippen molar-refractivity contribution in [2.24, 2.45) is 0 Å². The Kier molecular flexibility index (Phi) is 3.68. The van der Waals surface area contributed by atoms with Crippen LogP contribution in [0.15, 0.2) is 54.9 Å². The lowest BCUT2D eigenvalue weighted by atomic mass is 9.89. The fourth-order valence-corrected chi connectivity index (χ4v) is 3.58. The van der Waals surface area contributed by atoms with Crippen LogP contribution >= 0.6 is 0 Å². The number of benzene rings is 2. The van der Waals surface area contributed by atoms with Gasteiger partial charge in [0.15, 0.2) is 0 Å². The van der Waals surface area contributed by atoms with Crippen LogP contribution in [-0.2, 0) is 12.1 Å². The van der Waals surface area contributed by atoms with Crippen molar-refractivity contribution in [3.8, 4) is 22.3 Å². The number of fused-ring (bicyclic) bond motifs is 3. The minimum absolute atomic E-state index is 0.0926. The lowest BCUT2D eigenvalue weighted by Crippen LogP contribution is -2.41. The molecule has 4 rings (SSSR count). The fraction of sp³-hybridized carbons (Fsp3) is 0.211. The molecule has 0 radical (unpaired) electrons. The Balaban J connectivity index is 1.99. The molecule has 0 spiro atoms. The first-order valence-electron chi connectivity index (χ1n) is 8.04. The van der Waals surface area contributed by atoms with Crippen LogP contribution in [0.25, 0.3) is 22.3 Å². The van der Waals surface area contributed by atoms with Crippen LogP contribution in [0.3, 0.4) is 0 Å². The Hall–Kier alpha value is -2.64. The molecule has 2 N–H and O–H groups in total. The zero-order valence-electron chi connectivity index (χ0n) is 13.5. The molecule has 1 atom stereocenters. The lowest BCUT2D eigenvalue weighted by molar-refractivity contribution is -0.246. The number of aromatic nitrogens is 2. The molecule has 134 valence electrons. The van der Waals surface area contributed by atoms with Gasteiger partial charge in [-0.1, -0.05) is 42.5 Å². The number of hydrogen-bond acceptors (Lipinski definition) is 3. The van der Waals surface area contributed by atoms with Crippen LogP contribution in [-0.4, -0.2) is 32.8 Å². The molecule has 0 bridgehead atoms. The Bertz CT molecular complexity index is 981. The van der Waals surface area contributed by atoms with Crippen molar-refractivity contribution < 1.29 is 23.4 Å². The summed E-state index contributed by atoms with van der Waals surface area (Å²) in [5, 5.41) is 23.9. The van der Waals surface area contributed by atoms with E-state index in [1.807, 2.05) is 0 Å². The summed E-state index contributed by atoms with van der Waals surface area (Å²) in [5.41, 5.74) is -1.51. The third kappa shape index (κ3) is 2.21. The molecule has 1 unspecified atom stereocenters. The lowest BCUT2D eigenvalue weighted by Gasteiger charge is -2.28. The summed E-state index contributed by atoms with van der Waals surface area (Å²) in [7, 11) is 0. The number of rotatable bonds is 3. The highest BCUT2D eigenvalue weighted by molar-refractivity contribution is 5.92. The second-order valence-electron chi connectivity index (χ2n) is 6.20. The quantitative estimate of drug-likeness (QED) is 0.753. The van der Waals surface area contributed by atoms with Crippen molar-refractivity contribution in [2.45, 2.75) is 18.3 Å². The summed E-state index contributed by atoms with van der Waals surface area (Å²) < 4.78 is 43.1. The number of nitrogens with zero attached hydrogens (tertiary/aromatic N) is 2. The van der Waals surface area contributed by atoms with Gasteiger partial charge in [-0.2, -0.15) is 18.3 Å². The van der Waals surface area contributed by atoms with Gasteiger partial charge in [0, 0.05) is 22.9 Å². The second kappa shape index (κ2) is 5.69. The van der Waals surface area contributed by atoms with Gasteiger partial charge in [-0.15, -0.1) is 0 Å². The first-order chi connectivity index (χ1) is 12.4. The van der Waals surface area contributed by atoms with Gasteiger partial charge in [0.1, 0.15) is 0 Å². The molecule has 1 heterocycles. The minimum atomic E-state index is -4.85. The maximum absolute atomic E-state index is 13.8. The molecule has 2 aromatic carbocycles. The molecular formula is C19H15F3N2O2. The first kappa shape index (κ1) is 16.8. The van der Waals surface area contributed by atoms with E-state index in [1.54, 1.807) is 30.6 Å². The van der Waals surface area contributed by atoms with E-state index in [9.17, 15) is 18.3 Å². The Morgan fingerprint density at radius 1 is 1.00 bits per heavy atom. The zero-order valence-corrected chi connectivity index (χ0v) is 13.5. The highest BCUT2D eigenvalue weighted by Gasteiger charge is 2.61. The third-order valence-corrected chi connectivity index (χ3v) is 4.72. The average Bonchev–Trinajstić information content (AvgIpc) is 3.18. The molecule has 0 fully saturated rings. The number of aliphatic hydroxyl groups is 2. The van der Waals surface area contributed by atoms with Crippen LogP contribution in [0.2, 0.25) is 0 Å². The Morgan fingerprint density at radius 3 is 2.42 bits per heavy atom. The maximum Gasteiger partial charge on any atom is 0.425 e. The van der Waals surface area contributed by atoms with E-state index in [0.717, 1.165) is 0 Å². The Labute approximate surface area is 147 Å². The molecule has 0 saturated carbocycles. The number of hydrogen-bond donors (Lipinski definition) is 2. The summed E-state index contributed by atoms with van der Waals surface area (Å²) in [6.07, 6.45) is -1.65. The SMILES string of the molecule is OCCn1cc(-c2cccc3c2-c2ccccc2C3(O)C(F)(F)F)cn1. The van der Waals surface area contributed by atoms with Crippen molar-refractivity contribution in [1.82, 2.24) is 9.78 Å². The predicted molar refractivity (Wildman–Crippen MR) is 89.2 cm³/mol. The smallest absolute Gasteiger partial charge is 0.394 e. The highest BCUT2D eigenvalue weighted by Crippen LogP contribution is 2.56. The molecular weight excluding hydrogens is 345 g/mol. The maximum atomic E-state index is 13.8. The van der Waals surface area contributed by atoms with Gasteiger partial charge in [0.05, 0.1) is 19.3 Å². The molecule has 0 amide bonds. The van der Waals surface area contributed by atoms with Gasteiger partial charge in [-0.3, -0.25) is 4.68 Å². The van der Waals surface area contributed by atoms with Gasteiger partial charge in [0.2, 0.25) is 5.60 Å². The van der Waals surface area contributed by atoms with Gasteiger partial charge in [-0.05, 0) is 16.7 Å². The summed E-state index contributed by atoms with van der Waals surface area (Å²) >= 11 is 0.